The van der Waals surface area contributed by atoms with Crippen molar-refractivity contribution < 1.29 is 9.59 Å². The fourth-order valence-electron chi connectivity index (χ4n) is 3.82. The molecule has 0 radical (unpaired) electrons. The van der Waals surface area contributed by atoms with Crippen LogP contribution in [0.1, 0.15) is 37.4 Å². The Morgan fingerprint density at radius 3 is 2.07 bits per heavy atom. The SMILES string of the molecule is O=C1c2ccccc2C(=O)c2c1ccc1c(=O)n(Cc3ccccc3)c(=O)[nH]c21. The van der Waals surface area contributed by atoms with Gasteiger partial charge in [0.15, 0.2) is 11.6 Å². The highest BCUT2D eigenvalue weighted by atomic mass is 16.2. The first-order chi connectivity index (χ1) is 14.1. The van der Waals surface area contributed by atoms with E-state index < -0.39 is 11.2 Å². The molecule has 6 heteroatoms. The Morgan fingerprint density at radius 2 is 1.34 bits per heavy atom. The van der Waals surface area contributed by atoms with Crippen LogP contribution in [0.15, 0.2) is 76.3 Å². The summed E-state index contributed by atoms with van der Waals surface area (Å²) in [6.07, 6.45) is 0. The van der Waals surface area contributed by atoms with Gasteiger partial charge in [-0.05, 0) is 17.7 Å². The average molecular weight is 382 g/mol. The Balaban J connectivity index is 1.76. The fourth-order valence-corrected chi connectivity index (χ4v) is 3.82. The van der Waals surface area contributed by atoms with Gasteiger partial charge in [0.25, 0.3) is 5.56 Å². The zero-order valence-corrected chi connectivity index (χ0v) is 15.1. The molecule has 0 unspecified atom stereocenters. The maximum Gasteiger partial charge on any atom is 0.329 e. The lowest BCUT2D eigenvalue weighted by atomic mass is 9.83. The van der Waals surface area contributed by atoms with Crippen LogP contribution >= 0.6 is 0 Å². The van der Waals surface area contributed by atoms with E-state index in [4.69, 9.17) is 0 Å². The van der Waals surface area contributed by atoms with Crippen molar-refractivity contribution in [2.45, 2.75) is 6.54 Å². The Bertz CT molecular complexity index is 1450. The molecule has 1 N–H and O–H groups in total. The summed E-state index contributed by atoms with van der Waals surface area (Å²) in [5, 5.41) is 0.194. The minimum atomic E-state index is -0.626. The summed E-state index contributed by atoms with van der Waals surface area (Å²) in [7, 11) is 0. The van der Waals surface area contributed by atoms with Crippen molar-refractivity contribution in [3.8, 4) is 0 Å². The van der Waals surface area contributed by atoms with Crippen molar-refractivity contribution in [1.82, 2.24) is 9.55 Å². The zero-order valence-electron chi connectivity index (χ0n) is 15.1. The van der Waals surface area contributed by atoms with E-state index in [1.807, 2.05) is 30.3 Å². The molecular formula is C23H14N2O4. The molecule has 0 fully saturated rings. The maximum absolute atomic E-state index is 13.1. The van der Waals surface area contributed by atoms with E-state index >= 15 is 0 Å². The Morgan fingerprint density at radius 1 is 0.690 bits per heavy atom. The normalized spacial score (nSPS) is 12.7. The molecule has 140 valence electrons. The maximum atomic E-state index is 13.1. The minimum absolute atomic E-state index is 0.0762. The number of hydrogen-bond donors (Lipinski definition) is 1. The quantitative estimate of drug-likeness (QED) is 0.508. The van der Waals surface area contributed by atoms with Gasteiger partial charge in [-0.25, -0.2) is 4.79 Å². The molecule has 1 aliphatic rings. The van der Waals surface area contributed by atoms with E-state index in [9.17, 15) is 19.2 Å². The number of nitrogens with one attached hydrogen (secondary N) is 1. The number of carbonyl (C=O) groups is 2. The molecule has 4 aromatic rings. The molecule has 0 saturated carbocycles. The summed E-state index contributed by atoms with van der Waals surface area (Å²) >= 11 is 0. The molecule has 3 aromatic carbocycles. The van der Waals surface area contributed by atoms with Gasteiger partial charge >= 0.3 is 5.69 Å². The van der Waals surface area contributed by atoms with Crippen molar-refractivity contribution in [2.24, 2.45) is 0 Å². The average Bonchev–Trinajstić information content (AvgIpc) is 2.75. The van der Waals surface area contributed by atoms with Crippen LogP contribution in [0.25, 0.3) is 10.9 Å². The number of benzene rings is 3. The number of rotatable bonds is 2. The van der Waals surface area contributed by atoms with Crippen LogP contribution in [0.2, 0.25) is 0 Å². The van der Waals surface area contributed by atoms with Gasteiger partial charge in [0.05, 0.1) is 23.0 Å². The van der Waals surface area contributed by atoms with Crippen molar-refractivity contribution >= 4 is 22.5 Å². The predicted octanol–water partition coefficient (Wildman–Crippen LogP) is 2.51. The number of ketones is 2. The predicted molar refractivity (Wildman–Crippen MR) is 108 cm³/mol. The molecule has 0 bridgehead atoms. The lowest BCUT2D eigenvalue weighted by Crippen LogP contribution is -2.36. The lowest BCUT2D eigenvalue weighted by Gasteiger charge is -2.19. The topological polar surface area (TPSA) is 89.0 Å². The smallest absolute Gasteiger partial charge is 0.306 e. The van der Waals surface area contributed by atoms with Gasteiger partial charge in [0, 0.05) is 16.7 Å². The first-order valence-electron chi connectivity index (χ1n) is 9.08. The molecule has 29 heavy (non-hydrogen) atoms. The van der Waals surface area contributed by atoms with Gasteiger partial charge in [-0.2, -0.15) is 0 Å². The summed E-state index contributed by atoms with van der Waals surface area (Å²) in [4.78, 5) is 54.3. The number of hydrogen-bond acceptors (Lipinski definition) is 4. The van der Waals surface area contributed by atoms with Crippen LogP contribution in [0.5, 0.6) is 0 Å². The van der Waals surface area contributed by atoms with Crippen molar-refractivity contribution in [1.29, 1.82) is 0 Å². The lowest BCUT2D eigenvalue weighted by molar-refractivity contribution is 0.0980. The molecule has 5 rings (SSSR count). The summed E-state index contributed by atoms with van der Waals surface area (Å²) in [6, 6.07) is 18.7. The molecular weight excluding hydrogens is 368 g/mol. The van der Waals surface area contributed by atoms with Gasteiger partial charge in [-0.1, -0.05) is 54.6 Å². The Hall–Kier alpha value is -4.06. The highest BCUT2D eigenvalue weighted by molar-refractivity contribution is 6.31. The van der Waals surface area contributed by atoms with Crippen LogP contribution in [0.4, 0.5) is 0 Å². The number of fused-ring (bicyclic) bond motifs is 4. The number of nitrogens with zero attached hydrogens (tertiary/aromatic N) is 1. The van der Waals surface area contributed by atoms with Crippen LogP contribution in [0.3, 0.4) is 0 Å². The van der Waals surface area contributed by atoms with E-state index in [1.54, 1.807) is 24.3 Å². The highest BCUT2D eigenvalue weighted by Crippen LogP contribution is 2.30. The number of aromatic nitrogens is 2. The molecule has 1 heterocycles. The number of aromatic amines is 1. The van der Waals surface area contributed by atoms with E-state index in [2.05, 4.69) is 4.98 Å². The van der Waals surface area contributed by atoms with E-state index in [-0.39, 0.29) is 45.7 Å². The van der Waals surface area contributed by atoms with Crippen LogP contribution < -0.4 is 11.2 Å². The third-order valence-corrected chi connectivity index (χ3v) is 5.23. The molecule has 0 spiro atoms. The number of H-pyrrole nitrogens is 1. The highest BCUT2D eigenvalue weighted by Gasteiger charge is 2.31. The van der Waals surface area contributed by atoms with Gasteiger partial charge in [-0.15, -0.1) is 0 Å². The molecule has 0 saturated heterocycles. The summed E-state index contributed by atoms with van der Waals surface area (Å²) in [5.74, 6) is -0.678. The van der Waals surface area contributed by atoms with E-state index in [0.29, 0.717) is 5.56 Å². The molecule has 0 atom stereocenters. The van der Waals surface area contributed by atoms with Crippen LogP contribution in [0, 0.1) is 0 Å². The van der Waals surface area contributed by atoms with Gasteiger partial charge in [-0.3, -0.25) is 19.0 Å². The van der Waals surface area contributed by atoms with Gasteiger partial charge in [0.2, 0.25) is 0 Å². The van der Waals surface area contributed by atoms with Crippen molar-refractivity contribution in [2.75, 3.05) is 0 Å². The summed E-state index contributed by atoms with van der Waals surface area (Å²) in [6.45, 7) is 0.109. The standard InChI is InChI=1S/C23H14N2O4/c26-20-14-8-4-5-9-15(14)21(27)18-16(20)10-11-17-19(18)24-23(29)25(22(17)28)12-13-6-2-1-3-7-13/h1-11H,12H2,(H,24,29). The Kier molecular flexibility index (Phi) is 3.67. The second-order valence-electron chi connectivity index (χ2n) is 6.92. The first-order valence-corrected chi connectivity index (χ1v) is 9.08. The monoisotopic (exact) mass is 382 g/mol. The van der Waals surface area contributed by atoms with Gasteiger partial charge in [0.1, 0.15) is 0 Å². The second kappa shape index (κ2) is 6.24. The third-order valence-electron chi connectivity index (χ3n) is 5.23. The molecule has 0 aliphatic heterocycles. The largest absolute Gasteiger partial charge is 0.329 e. The van der Waals surface area contributed by atoms with Crippen LogP contribution in [-0.4, -0.2) is 21.1 Å². The van der Waals surface area contributed by atoms with Crippen molar-refractivity contribution in [3.05, 3.63) is 115 Å². The molecule has 1 aromatic heterocycles. The first kappa shape index (κ1) is 17.1. The Labute approximate surface area is 164 Å². The summed E-state index contributed by atoms with van der Waals surface area (Å²) < 4.78 is 1.09. The fraction of sp³-hybridized carbons (Fsp3) is 0.0435. The third kappa shape index (κ3) is 2.50. The van der Waals surface area contributed by atoms with Gasteiger partial charge < -0.3 is 4.98 Å². The van der Waals surface area contributed by atoms with Crippen molar-refractivity contribution in [3.63, 3.8) is 0 Å². The minimum Gasteiger partial charge on any atom is -0.306 e. The zero-order chi connectivity index (χ0) is 20.1. The molecule has 6 nitrogen and oxygen atoms in total. The molecule has 1 aliphatic carbocycles. The van der Waals surface area contributed by atoms with E-state index in [0.717, 1.165) is 10.1 Å². The molecule has 0 amide bonds. The van der Waals surface area contributed by atoms with Crippen LogP contribution in [-0.2, 0) is 6.54 Å². The second-order valence-corrected chi connectivity index (χ2v) is 6.92. The van der Waals surface area contributed by atoms with E-state index in [1.165, 1.54) is 12.1 Å². The summed E-state index contributed by atoms with van der Waals surface area (Å²) in [5.41, 5.74) is 0.640. The number of carbonyl (C=O) groups excluding carboxylic acids is 2.